The average molecular weight is 292 g/mol. The van der Waals surface area contributed by atoms with Crippen molar-refractivity contribution < 1.29 is 17.9 Å². The van der Waals surface area contributed by atoms with Gasteiger partial charge in [-0.3, -0.25) is 0 Å². The number of halogens is 3. The number of ether oxygens (including phenoxy) is 1. The minimum atomic E-state index is -4.49. The standard InChI is InChI=1S/C12H19F3N4O/c1-4-16-11-17-9(12(13,14)15)8-10(18-11)19(2)6-5-7-20-3/h8H,4-7H2,1-3H3,(H,16,17,18). The van der Waals surface area contributed by atoms with Crippen LogP contribution in [0.5, 0.6) is 0 Å². The minimum Gasteiger partial charge on any atom is -0.385 e. The molecule has 1 aromatic rings. The lowest BCUT2D eigenvalue weighted by Crippen LogP contribution is -2.23. The first-order valence-corrected chi connectivity index (χ1v) is 6.28. The zero-order valence-electron chi connectivity index (χ0n) is 11.8. The van der Waals surface area contributed by atoms with E-state index in [1.807, 2.05) is 0 Å². The highest BCUT2D eigenvalue weighted by molar-refractivity contribution is 5.44. The summed E-state index contributed by atoms with van der Waals surface area (Å²) in [5, 5.41) is 2.71. The fraction of sp³-hybridized carbons (Fsp3) is 0.667. The molecule has 0 saturated heterocycles. The summed E-state index contributed by atoms with van der Waals surface area (Å²) in [6, 6.07) is 0.952. The second-order valence-electron chi connectivity index (χ2n) is 4.23. The Morgan fingerprint density at radius 3 is 2.60 bits per heavy atom. The van der Waals surface area contributed by atoms with Gasteiger partial charge in [-0.2, -0.15) is 18.2 Å². The van der Waals surface area contributed by atoms with Gasteiger partial charge in [0.25, 0.3) is 0 Å². The molecule has 0 aliphatic carbocycles. The van der Waals surface area contributed by atoms with E-state index in [0.717, 1.165) is 6.07 Å². The Morgan fingerprint density at radius 2 is 2.05 bits per heavy atom. The van der Waals surface area contributed by atoms with Gasteiger partial charge in [0, 0.05) is 39.9 Å². The van der Waals surface area contributed by atoms with Crippen LogP contribution in [0.1, 0.15) is 19.0 Å². The molecule has 1 aromatic heterocycles. The molecule has 0 bridgehead atoms. The molecule has 0 aromatic carbocycles. The van der Waals surface area contributed by atoms with Crippen molar-refractivity contribution in [1.82, 2.24) is 9.97 Å². The average Bonchev–Trinajstić information content (AvgIpc) is 2.38. The largest absolute Gasteiger partial charge is 0.433 e. The molecule has 1 heterocycles. The summed E-state index contributed by atoms with van der Waals surface area (Å²) in [4.78, 5) is 9.20. The Labute approximate surface area is 116 Å². The van der Waals surface area contributed by atoms with Crippen molar-refractivity contribution in [3.63, 3.8) is 0 Å². The van der Waals surface area contributed by atoms with Crippen molar-refractivity contribution in [2.45, 2.75) is 19.5 Å². The molecule has 0 spiro atoms. The summed E-state index contributed by atoms with van der Waals surface area (Å²) in [6.07, 6.45) is -3.79. The molecule has 0 unspecified atom stereocenters. The maximum absolute atomic E-state index is 12.8. The van der Waals surface area contributed by atoms with Gasteiger partial charge < -0.3 is 15.0 Å². The smallest absolute Gasteiger partial charge is 0.385 e. The number of methoxy groups -OCH3 is 1. The number of nitrogens with zero attached hydrogens (tertiary/aromatic N) is 3. The molecule has 0 radical (unpaired) electrons. The zero-order chi connectivity index (χ0) is 15.2. The number of anilines is 2. The second kappa shape index (κ2) is 7.28. The van der Waals surface area contributed by atoms with Gasteiger partial charge in [-0.15, -0.1) is 0 Å². The molecule has 0 fully saturated rings. The summed E-state index contributed by atoms with van der Waals surface area (Å²) in [5.74, 6) is 0.218. The van der Waals surface area contributed by atoms with E-state index in [4.69, 9.17) is 4.74 Å². The van der Waals surface area contributed by atoms with Crippen LogP contribution in [0.15, 0.2) is 6.07 Å². The van der Waals surface area contributed by atoms with Crippen LogP contribution in [-0.2, 0) is 10.9 Å². The van der Waals surface area contributed by atoms with Crippen molar-refractivity contribution in [3.05, 3.63) is 11.8 Å². The van der Waals surface area contributed by atoms with Crippen LogP contribution >= 0.6 is 0 Å². The third-order valence-electron chi connectivity index (χ3n) is 2.57. The Morgan fingerprint density at radius 1 is 1.35 bits per heavy atom. The van der Waals surface area contributed by atoms with Crippen molar-refractivity contribution >= 4 is 11.8 Å². The lowest BCUT2D eigenvalue weighted by atomic mass is 10.3. The molecule has 1 N–H and O–H groups in total. The van der Waals surface area contributed by atoms with Crippen LogP contribution in [0.25, 0.3) is 0 Å². The monoisotopic (exact) mass is 292 g/mol. The van der Waals surface area contributed by atoms with Crippen LogP contribution < -0.4 is 10.2 Å². The molecule has 5 nitrogen and oxygen atoms in total. The van der Waals surface area contributed by atoms with Crippen LogP contribution in [0.3, 0.4) is 0 Å². The van der Waals surface area contributed by atoms with E-state index < -0.39 is 11.9 Å². The lowest BCUT2D eigenvalue weighted by Gasteiger charge is -2.20. The molecule has 1 rings (SSSR count). The number of hydrogen-bond acceptors (Lipinski definition) is 5. The summed E-state index contributed by atoms with van der Waals surface area (Å²) in [5.41, 5.74) is -0.947. The topological polar surface area (TPSA) is 50.3 Å². The summed E-state index contributed by atoms with van der Waals surface area (Å²) < 4.78 is 43.3. The first kappa shape index (κ1) is 16.5. The predicted molar refractivity (Wildman–Crippen MR) is 71.0 cm³/mol. The number of rotatable bonds is 7. The van der Waals surface area contributed by atoms with Crippen molar-refractivity contribution in [2.75, 3.05) is 44.1 Å². The van der Waals surface area contributed by atoms with Crippen LogP contribution in [0, 0.1) is 0 Å². The molecular weight excluding hydrogens is 273 g/mol. The molecule has 0 atom stereocenters. The predicted octanol–water partition coefficient (Wildman–Crippen LogP) is 2.40. The van der Waals surface area contributed by atoms with Crippen molar-refractivity contribution in [1.29, 1.82) is 0 Å². The molecule has 0 saturated carbocycles. The molecule has 8 heteroatoms. The van der Waals surface area contributed by atoms with Gasteiger partial charge in [0.05, 0.1) is 0 Å². The second-order valence-corrected chi connectivity index (χ2v) is 4.23. The third kappa shape index (κ3) is 4.84. The Balaban J connectivity index is 2.96. The van der Waals surface area contributed by atoms with Crippen LogP contribution in [0.4, 0.5) is 24.9 Å². The van der Waals surface area contributed by atoms with Crippen LogP contribution in [0.2, 0.25) is 0 Å². The summed E-state index contributed by atoms with van der Waals surface area (Å²) in [7, 11) is 3.27. The quantitative estimate of drug-likeness (QED) is 0.782. The Bertz CT molecular complexity index is 426. The first-order chi connectivity index (χ1) is 9.38. The van der Waals surface area contributed by atoms with Gasteiger partial charge in [0.2, 0.25) is 5.95 Å². The molecule has 0 aliphatic heterocycles. The van der Waals surface area contributed by atoms with E-state index in [1.54, 1.807) is 26.0 Å². The number of aromatic nitrogens is 2. The molecule has 114 valence electrons. The van der Waals surface area contributed by atoms with Gasteiger partial charge in [0.15, 0.2) is 5.69 Å². The number of alkyl halides is 3. The Kier molecular flexibility index (Phi) is 6.00. The molecule has 0 amide bonds. The summed E-state index contributed by atoms with van der Waals surface area (Å²) >= 11 is 0. The maximum atomic E-state index is 12.8. The fourth-order valence-electron chi connectivity index (χ4n) is 1.57. The van der Waals surface area contributed by atoms with E-state index in [2.05, 4.69) is 15.3 Å². The van der Waals surface area contributed by atoms with Gasteiger partial charge in [-0.05, 0) is 13.3 Å². The highest BCUT2D eigenvalue weighted by Gasteiger charge is 2.34. The van der Waals surface area contributed by atoms with Crippen molar-refractivity contribution in [2.24, 2.45) is 0 Å². The Hall–Kier alpha value is -1.57. The summed E-state index contributed by atoms with van der Waals surface area (Å²) in [6.45, 7) is 3.31. The van der Waals surface area contributed by atoms with Crippen LogP contribution in [-0.4, -0.2) is 43.8 Å². The number of nitrogens with one attached hydrogen (secondary N) is 1. The van der Waals surface area contributed by atoms with E-state index >= 15 is 0 Å². The van der Waals surface area contributed by atoms with E-state index in [9.17, 15) is 13.2 Å². The highest BCUT2D eigenvalue weighted by Crippen LogP contribution is 2.30. The first-order valence-electron chi connectivity index (χ1n) is 6.28. The maximum Gasteiger partial charge on any atom is 0.433 e. The van der Waals surface area contributed by atoms with Gasteiger partial charge in [-0.25, -0.2) is 4.98 Å². The van der Waals surface area contributed by atoms with E-state index in [1.165, 1.54) is 0 Å². The van der Waals surface area contributed by atoms with Gasteiger partial charge in [0.1, 0.15) is 5.82 Å². The normalized spacial score (nSPS) is 11.5. The zero-order valence-corrected chi connectivity index (χ0v) is 11.8. The van der Waals surface area contributed by atoms with Crippen molar-refractivity contribution in [3.8, 4) is 0 Å². The van der Waals surface area contributed by atoms with E-state index in [0.29, 0.717) is 26.1 Å². The molecular formula is C12H19F3N4O. The molecule has 20 heavy (non-hydrogen) atoms. The van der Waals surface area contributed by atoms with E-state index in [-0.39, 0.29) is 11.8 Å². The lowest BCUT2D eigenvalue weighted by molar-refractivity contribution is -0.141. The number of hydrogen-bond donors (Lipinski definition) is 1. The SMILES string of the molecule is CCNc1nc(N(C)CCCOC)cc(C(F)(F)F)n1. The molecule has 0 aliphatic rings. The highest BCUT2D eigenvalue weighted by atomic mass is 19.4. The fourth-order valence-corrected chi connectivity index (χ4v) is 1.57. The van der Waals surface area contributed by atoms with Gasteiger partial charge >= 0.3 is 6.18 Å². The third-order valence-corrected chi connectivity index (χ3v) is 2.57. The van der Waals surface area contributed by atoms with Gasteiger partial charge in [-0.1, -0.05) is 0 Å². The minimum absolute atomic E-state index is 0.0177.